The number of carbonyl (C=O) groups excluding carboxylic acids is 1. The molecule has 0 bridgehead atoms. The van der Waals surface area contributed by atoms with Gasteiger partial charge < -0.3 is 15.0 Å². The summed E-state index contributed by atoms with van der Waals surface area (Å²) in [6, 6.07) is 8.21. The number of rotatable bonds is 5. The van der Waals surface area contributed by atoms with E-state index in [1.807, 2.05) is 31.3 Å². The van der Waals surface area contributed by atoms with E-state index in [9.17, 15) is 4.79 Å². The number of amides is 1. The minimum atomic E-state index is 0.209. The van der Waals surface area contributed by atoms with Crippen molar-refractivity contribution >= 4 is 5.91 Å². The van der Waals surface area contributed by atoms with Crippen LogP contribution < -0.4 is 10.1 Å². The first-order chi connectivity index (χ1) is 9.69. The summed E-state index contributed by atoms with van der Waals surface area (Å²) in [6.45, 7) is 1.69. The fraction of sp³-hybridized carbons (Fsp3) is 0.562. The molecule has 1 unspecified atom stereocenters. The molecule has 0 aliphatic carbocycles. The summed E-state index contributed by atoms with van der Waals surface area (Å²) in [5.74, 6) is 1.05. The van der Waals surface area contributed by atoms with E-state index in [1.54, 1.807) is 12.0 Å². The predicted octanol–water partition coefficient (Wildman–Crippen LogP) is 2.19. The Morgan fingerprint density at radius 2 is 2.10 bits per heavy atom. The molecule has 110 valence electrons. The molecule has 0 radical (unpaired) electrons. The fourth-order valence-corrected chi connectivity index (χ4v) is 2.56. The van der Waals surface area contributed by atoms with Gasteiger partial charge in [-0.05, 0) is 37.1 Å². The van der Waals surface area contributed by atoms with Crippen molar-refractivity contribution in [3.8, 4) is 5.75 Å². The van der Waals surface area contributed by atoms with Crippen LogP contribution in [0.4, 0.5) is 0 Å². The van der Waals surface area contributed by atoms with Crippen LogP contribution >= 0.6 is 0 Å². The molecule has 0 aromatic heterocycles. The molecule has 1 atom stereocenters. The number of piperidine rings is 1. The van der Waals surface area contributed by atoms with Gasteiger partial charge in [0.05, 0.1) is 7.11 Å². The average Bonchev–Trinajstić information content (AvgIpc) is 2.49. The molecule has 1 saturated heterocycles. The number of carbonyl (C=O) groups is 1. The Bertz CT molecular complexity index is 425. The summed E-state index contributed by atoms with van der Waals surface area (Å²) in [5.41, 5.74) is 1.12. The number of benzene rings is 1. The third-order valence-electron chi connectivity index (χ3n) is 3.84. The first-order valence-corrected chi connectivity index (χ1v) is 7.29. The Labute approximate surface area is 121 Å². The summed E-state index contributed by atoms with van der Waals surface area (Å²) < 4.78 is 5.13. The summed E-state index contributed by atoms with van der Waals surface area (Å²) in [6.07, 6.45) is 4.17. The van der Waals surface area contributed by atoms with Crippen molar-refractivity contribution in [1.82, 2.24) is 10.2 Å². The highest BCUT2D eigenvalue weighted by molar-refractivity contribution is 5.76. The quantitative estimate of drug-likeness (QED) is 0.896. The monoisotopic (exact) mass is 276 g/mol. The van der Waals surface area contributed by atoms with Crippen LogP contribution in [-0.2, 0) is 11.3 Å². The Morgan fingerprint density at radius 1 is 1.35 bits per heavy atom. The molecule has 0 spiro atoms. The lowest BCUT2D eigenvalue weighted by atomic mass is 10.0. The average molecular weight is 276 g/mol. The van der Waals surface area contributed by atoms with Crippen LogP contribution in [0, 0.1) is 0 Å². The van der Waals surface area contributed by atoms with Crippen molar-refractivity contribution in [2.75, 3.05) is 20.7 Å². The lowest BCUT2D eigenvalue weighted by Gasteiger charge is -2.25. The van der Waals surface area contributed by atoms with E-state index in [-0.39, 0.29) is 5.91 Å². The van der Waals surface area contributed by atoms with Gasteiger partial charge in [0.1, 0.15) is 5.75 Å². The molecule has 20 heavy (non-hydrogen) atoms. The number of nitrogens with zero attached hydrogens (tertiary/aromatic N) is 1. The Kier molecular flexibility index (Phi) is 5.41. The van der Waals surface area contributed by atoms with E-state index in [0.29, 0.717) is 19.0 Å². The number of ether oxygens (including phenoxy) is 1. The van der Waals surface area contributed by atoms with Crippen LogP contribution in [0.1, 0.15) is 31.2 Å². The second-order valence-corrected chi connectivity index (χ2v) is 5.45. The van der Waals surface area contributed by atoms with Gasteiger partial charge in [-0.2, -0.15) is 0 Å². The van der Waals surface area contributed by atoms with Gasteiger partial charge >= 0.3 is 0 Å². The highest BCUT2D eigenvalue weighted by Gasteiger charge is 2.18. The van der Waals surface area contributed by atoms with Crippen LogP contribution in [0.3, 0.4) is 0 Å². The third-order valence-corrected chi connectivity index (χ3v) is 3.84. The van der Waals surface area contributed by atoms with E-state index in [2.05, 4.69) is 5.32 Å². The van der Waals surface area contributed by atoms with Gasteiger partial charge in [0.2, 0.25) is 5.91 Å². The zero-order chi connectivity index (χ0) is 14.4. The maximum absolute atomic E-state index is 12.2. The first-order valence-electron chi connectivity index (χ1n) is 7.29. The van der Waals surface area contributed by atoms with E-state index in [1.165, 1.54) is 12.8 Å². The number of methoxy groups -OCH3 is 1. The molecule has 1 aliphatic rings. The Hall–Kier alpha value is -1.55. The van der Waals surface area contributed by atoms with E-state index in [4.69, 9.17) is 4.74 Å². The highest BCUT2D eigenvalue weighted by Crippen LogP contribution is 2.14. The van der Waals surface area contributed by atoms with Crippen LogP contribution in [0.2, 0.25) is 0 Å². The van der Waals surface area contributed by atoms with Crippen molar-refractivity contribution in [2.45, 2.75) is 38.3 Å². The van der Waals surface area contributed by atoms with Gasteiger partial charge in [-0.3, -0.25) is 4.79 Å². The molecule has 1 aromatic rings. The lowest BCUT2D eigenvalue weighted by molar-refractivity contribution is -0.131. The summed E-state index contributed by atoms with van der Waals surface area (Å²) >= 11 is 0. The normalized spacial score (nSPS) is 18.6. The Morgan fingerprint density at radius 3 is 2.70 bits per heavy atom. The molecule has 2 rings (SSSR count). The zero-order valence-electron chi connectivity index (χ0n) is 12.4. The van der Waals surface area contributed by atoms with E-state index in [0.717, 1.165) is 24.3 Å². The molecule has 1 heterocycles. The molecule has 1 aliphatic heterocycles. The van der Waals surface area contributed by atoms with E-state index >= 15 is 0 Å². The zero-order valence-corrected chi connectivity index (χ0v) is 12.4. The maximum Gasteiger partial charge on any atom is 0.224 e. The van der Waals surface area contributed by atoms with Gasteiger partial charge in [-0.25, -0.2) is 0 Å². The highest BCUT2D eigenvalue weighted by atomic mass is 16.5. The fourth-order valence-electron chi connectivity index (χ4n) is 2.56. The lowest BCUT2D eigenvalue weighted by Crippen LogP contribution is -2.39. The Balaban J connectivity index is 1.83. The third kappa shape index (κ3) is 4.23. The first kappa shape index (κ1) is 14.9. The van der Waals surface area contributed by atoms with Crippen molar-refractivity contribution in [3.05, 3.63) is 29.8 Å². The second-order valence-electron chi connectivity index (χ2n) is 5.45. The van der Waals surface area contributed by atoms with Crippen molar-refractivity contribution in [3.63, 3.8) is 0 Å². The van der Waals surface area contributed by atoms with Crippen LogP contribution in [0.15, 0.2) is 24.3 Å². The molecule has 4 nitrogen and oxygen atoms in total. The van der Waals surface area contributed by atoms with Crippen molar-refractivity contribution in [1.29, 1.82) is 0 Å². The molecule has 1 amide bonds. The molecule has 0 saturated carbocycles. The van der Waals surface area contributed by atoms with Crippen molar-refractivity contribution < 1.29 is 9.53 Å². The maximum atomic E-state index is 12.2. The summed E-state index contributed by atoms with van der Waals surface area (Å²) in [5, 5.41) is 3.42. The number of hydrogen-bond donors (Lipinski definition) is 1. The molecule has 4 heteroatoms. The number of hydrogen-bond acceptors (Lipinski definition) is 3. The summed E-state index contributed by atoms with van der Waals surface area (Å²) in [7, 11) is 3.53. The van der Waals surface area contributed by atoms with Gasteiger partial charge in [0.25, 0.3) is 0 Å². The SMILES string of the molecule is COc1ccc(CN(C)C(=O)CC2CCCCN2)cc1. The van der Waals surface area contributed by atoms with Crippen LogP contribution in [0.5, 0.6) is 5.75 Å². The predicted molar refractivity (Wildman–Crippen MR) is 79.7 cm³/mol. The van der Waals surface area contributed by atoms with Crippen LogP contribution in [0.25, 0.3) is 0 Å². The molecular weight excluding hydrogens is 252 g/mol. The molecule has 1 fully saturated rings. The smallest absolute Gasteiger partial charge is 0.224 e. The summed E-state index contributed by atoms with van der Waals surface area (Å²) in [4.78, 5) is 14.0. The van der Waals surface area contributed by atoms with E-state index < -0.39 is 0 Å². The van der Waals surface area contributed by atoms with Gasteiger partial charge in [0, 0.05) is 26.1 Å². The number of nitrogens with one attached hydrogen (secondary N) is 1. The topological polar surface area (TPSA) is 41.6 Å². The minimum absolute atomic E-state index is 0.209. The van der Waals surface area contributed by atoms with Gasteiger partial charge in [0.15, 0.2) is 0 Å². The molecule has 1 aromatic carbocycles. The van der Waals surface area contributed by atoms with Crippen LogP contribution in [-0.4, -0.2) is 37.6 Å². The minimum Gasteiger partial charge on any atom is -0.497 e. The van der Waals surface area contributed by atoms with Crippen molar-refractivity contribution in [2.24, 2.45) is 0 Å². The standard InChI is InChI=1S/C16H24N2O2/c1-18(12-13-6-8-15(20-2)9-7-13)16(19)11-14-5-3-4-10-17-14/h6-9,14,17H,3-5,10-12H2,1-2H3. The molecule has 1 N–H and O–H groups in total. The van der Waals surface area contributed by atoms with Gasteiger partial charge in [-0.1, -0.05) is 18.6 Å². The largest absolute Gasteiger partial charge is 0.497 e. The van der Waals surface area contributed by atoms with Gasteiger partial charge in [-0.15, -0.1) is 0 Å². The second kappa shape index (κ2) is 7.29. The molecular formula is C16H24N2O2.